The molecule has 0 aromatic carbocycles. The van der Waals surface area contributed by atoms with E-state index in [1.165, 1.54) is 167 Å². The first-order valence-electron chi connectivity index (χ1n) is 33.9. The van der Waals surface area contributed by atoms with Gasteiger partial charge in [-0.2, -0.15) is 0 Å². The first kappa shape index (κ1) is 78.2. The van der Waals surface area contributed by atoms with Crippen LogP contribution in [0.25, 0.3) is 0 Å². The highest BCUT2D eigenvalue weighted by Gasteiger charge is 2.27. The number of rotatable bonds is 61. The molecule has 0 fully saturated rings. The summed E-state index contributed by atoms with van der Waals surface area (Å²) in [6.07, 6.45) is 79.8. The number of hydrogen-bond donors (Lipinski definition) is 1. The number of quaternary nitrogens is 1. The topological polar surface area (TPSA) is 114 Å². The van der Waals surface area contributed by atoms with Crippen molar-refractivity contribution < 1.29 is 37.3 Å². The molecule has 470 valence electrons. The zero-order valence-electron chi connectivity index (χ0n) is 53.7. The van der Waals surface area contributed by atoms with E-state index in [1.54, 1.807) is 0 Å². The molecule has 1 amide bonds. The molecule has 0 saturated heterocycles. The van der Waals surface area contributed by atoms with Gasteiger partial charge in [0, 0.05) is 12.8 Å². The fourth-order valence-corrected chi connectivity index (χ4v) is 10.3. The van der Waals surface area contributed by atoms with Gasteiger partial charge in [0.05, 0.1) is 33.8 Å². The van der Waals surface area contributed by atoms with Crippen LogP contribution in [0.2, 0.25) is 0 Å². The number of phosphoric acid groups is 1. The summed E-state index contributed by atoms with van der Waals surface area (Å²) in [5.74, 6) is -0.559. The molecule has 0 radical (unpaired) electrons. The molecule has 9 nitrogen and oxygen atoms in total. The number of carbonyl (C=O) groups excluding carboxylic acids is 2. The van der Waals surface area contributed by atoms with E-state index >= 15 is 0 Å². The molecule has 3 atom stereocenters. The van der Waals surface area contributed by atoms with Crippen LogP contribution in [-0.2, 0) is 27.9 Å². The first-order chi connectivity index (χ1) is 39.4. The van der Waals surface area contributed by atoms with Crippen LogP contribution in [-0.4, -0.2) is 69.4 Å². The van der Waals surface area contributed by atoms with Crippen molar-refractivity contribution >= 4 is 19.7 Å². The lowest BCUT2D eigenvalue weighted by molar-refractivity contribution is -0.870. The molecule has 0 rings (SSSR count). The molecule has 10 heteroatoms. The Bertz CT molecular complexity index is 1660. The molecule has 0 aromatic rings. The Kier molecular flexibility index (Phi) is 58.2. The third-order valence-electron chi connectivity index (χ3n) is 14.8. The molecule has 0 spiro atoms. The second kappa shape index (κ2) is 60.3. The highest BCUT2D eigenvalue weighted by atomic mass is 31.2. The lowest BCUT2D eigenvalue weighted by Gasteiger charge is -2.30. The van der Waals surface area contributed by atoms with Crippen molar-refractivity contribution in [1.82, 2.24) is 5.32 Å². The fraction of sp³-hybridized carbons (Fsp3) is 0.775. The number of ether oxygens (including phenoxy) is 1. The molecule has 3 unspecified atom stereocenters. The van der Waals surface area contributed by atoms with Gasteiger partial charge in [-0.15, -0.1) is 0 Å². The van der Waals surface area contributed by atoms with Crippen LogP contribution in [0.5, 0.6) is 0 Å². The first-order valence-corrected chi connectivity index (χ1v) is 35.4. The minimum Gasteiger partial charge on any atom is -0.756 e. The van der Waals surface area contributed by atoms with Gasteiger partial charge in [0.1, 0.15) is 19.3 Å². The summed E-state index contributed by atoms with van der Waals surface area (Å²) in [4.78, 5) is 40.1. The fourth-order valence-electron chi connectivity index (χ4n) is 9.54. The van der Waals surface area contributed by atoms with Crippen molar-refractivity contribution in [3.05, 3.63) is 85.1 Å². The zero-order chi connectivity index (χ0) is 59.3. The molecule has 0 aliphatic carbocycles. The van der Waals surface area contributed by atoms with Crippen molar-refractivity contribution in [2.75, 3.05) is 40.9 Å². The maximum absolute atomic E-state index is 13.6. The van der Waals surface area contributed by atoms with E-state index in [0.29, 0.717) is 23.9 Å². The molecule has 0 aromatic heterocycles. The predicted molar refractivity (Wildman–Crippen MR) is 348 cm³/mol. The number of hydrogen-bond acceptors (Lipinski definition) is 7. The largest absolute Gasteiger partial charge is 0.756 e. The van der Waals surface area contributed by atoms with Crippen molar-refractivity contribution in [2.24, 2.45) is 0 Å². The van der Waals surface area contributed by atoms with Crippen molar-refractivity contribution in [2.45, 2.75) is 315 Å². The second-order valence-electron chi connectivity index (χ2n) is 24.0. The number of nitrogens with zero attached hydrogens (tertiary/aromatic N) is 1. The number of esters is 1. The maximum Gasteiger partial charge on any atom is 0.306 e. The van der Waals surface area contributed by atoms with Crippen molar-refractivity contribution in [1.29, 1.82) is 0 Å². The quantitative estimate of drug-likeness (QED) is 0.0212. The van der Waals surface area contributed by atoms with E-state index < -0.39 is 26.6 Å². The highest BCUT2D eigenvalue weighted by molar-refractivity contribution is 7.45. The van der Waals surface area contributed by atoms with Gasteiger partial charge in [0.15, 0.2) is 0 Å². The SMILES string of the molecule is CCCCC/C=C\C/C=C\C/C=C\C/C=C\CCCCCCCC(=O)OC(/C=C/CCCCCCCCCCC)C(COP(=O)([O-])OCC[N+](C)(C)C)NC(=O)CCCCCCCCCCCCCCC/C=C\C/C=C\CCCCC. The Labute approximate surface area is 501 Å². The number of allylic oxidation sites excluding steroid dienone is 13. The van der Waals surface area contributed by atoms with Gasteiger partial charge < -0.3 is 28.5 Å². The summed E-state index contributed by atoms with van der Waals surface area (Å²) < 4.78 is 30.4. The molecular formula is C71H129N2O7P. The highest BCUT2D eigenvalue weighted by Crippen LogP contribution is 2.38. The van der Waals surface area contributed by atoms with E-state index in [9.17, 15) is 19.0 Å². The average molecular weight is 1150 g/mol. The summed E-state index contributed by atoms with van der Waals surface area (Å²) >= 11 is 0. The van der Waals surface area contributed by atoms with Gasteiger partial charge >= 0.3 is 5.97 Å². The summed E-state index contributed by atoms with van der Waals surface area (Å²) in [5, 5.41) is 3.03. The van der Waals surface area contributed by atoms with Gasteiger partial charge in [-0.25, -0.2) is 0 Å². The monoisotopic (exact) mass is 1150 g/mol. The van der Waals surface area contributed by atoms with Crippen LogP contribution in [0.1, 0.15) is 303 Å². The van der Waals surface area contributed by atoms with Gasteiger partial charge in [-0.05, 0) is 109 Å². The standard InChI is InChI=1S/C71H129N2O7P/c1-7-10-13-16-19-22-25-27-29-31-33-35-36-38-39-41-43-45-48-51-54-57-60-63-70(74)72-68(67-79-81(76,77)78-66-65-73(4,5)6)69(62-59-56-53-50-47-24-21-18-15-12-9-3)80-71(75)64-61-58-55-52-49-46-44-42-40-37-34-32-30-28-26-23-20-17-14-11-8-2/h19-20,22-23,27-30,34,37,42,44,59,62,68-69H,7-18,21,24-26,31-33,35-36,38-41,43,45-58,60-61,63-67H2,1-6H3,(H-,72,74,76,77)/b22-19-,23-20-,29-27-,30-28-,37-34-,44-42-,62-59+. The van der Waals surface area contributed by atoms with E-state index in [4.69, 9.17) is 13.8 Å². The molecule has 0 saturated carbocycles. The molecule has 81 heavy (non-hydrogen) atoms. The predicted octanol–water partition coefficient (Wildman–Crippen LogP) is 20.7. The number of amides is 1. The maximum atomic E-state index is 13.6. The summed E-state index contributed by atoms with van der Waals surface area (Å²) in [5.41, 5.74) is 0. The van der Waals surface area contributed by atoms with Crippen LogP contribution >= 0.6 is 7.82 Å². The second-order valence-corrected chi connectivity index (χ2v) is 25.4. The van der Waals surface area contributed by atoms with Crippen molar-refractivity contribution in [3.8, 4) is 0 Å². The van der Waals surface area contributed by atoms with Crippen molar-refractivity contribution in [3.63, 3.8) is 0 Å². The minimum atomic E-state index is -4.71. The smallest absolute Gasteiger partial charge is 0.306 e. The van der Waals surface area contributed by atoms with E-state index in [0.717, 1.165) is 96.3 Å². The molecule has 0 bridgehead atoms. The van der Waals surface area contributed by atoms with Gasteiger partial charge in [-0.1, -0.05) is 267 Å². The van der Waals surface area contributed by atoms with E-state index in [2.05, 4.69) is 99.0 Å². The number of unbranched alkanes of at least 4 members (excludes halogenated alkanes) is 33. The zero-order valence-corrected chi connectivity index (χ0v) is 54.6. The Balaban J connectivity index is 5.13. The van der Waals surface area contributed by atoms with E-state index in [-0.39, 0.29) is 24.9 Å². The lowest BCUT2D eigenvalue weighted by Crippen LogP contribution is -2.47. The summed E-state index contributed by atoms with van der Waals surface area (Å²) in [6, 6.07) is -0.901. The number of carbonyl (C=O) groups is 2. The van der Waals surface area contributed by atoms with Crippen LogP contribution in [0.15, 0.2) is 85.1 Å². The molecule has 0 heterocycles. The third kappa shape index (κ3) is 61.6. The van der Waals surface area contributed by atoms with Gasteiger partial charge in [0.25, 0.3) is 7.82 Å². The molecule has 1 N–H and O–H groups in total. The Morgan fingerprint density at radius 1 is 0.432 bits per heavy atom. The Morgan fingerprint density at radius 3 is 1.15 bits per heavy atom. The Morgan fingerprint density at radius 2 is 0.753 bits per heavy atom. The summed E-state index contributed by atoms with van der Waals surface area (Å²) in [7, 11) is 1.17. The number of nitrogens with one attached hydrogen (secondary N) is 1. The summed E-state index contributed by atoms with van der Waals surface area (Å²) in [6.45, 7) is 6.79. The molecule has 0 aliphatic rings. The van der Waals surface area contributed by atoms with Gasteiger partial charge in [0.2, 0.25) is 5.91 Å². The van der Waals surface area contributed by atoms with Crippen LogP contribution in [0.4, 0.5) is 0 Å². The average Bonchev–Trinajstić information content (AvgIpc) is 3.43. The third-order valence-corrected chi connectivity index (χ3v) is 15.8. The van der Waals surface area contributed by atoms with Crippen LogP contribution < -0.4 is 10.2 Å². The van der Waals surface area contributed by atoms with Gasteiger partial charge in [-0.3, -0.25) is 14.2 Å². The lowest BCUT2D eigenvalue weighted by atomic mass is 10.0. The number of likely N-dealkylation sites (N-methyl/N-ethyl adjacent to an activating group) is 1. The molecular weight excluding hydrogens is 1020 g/mol. The normalized spacial score (nSPS) is 14.1. The minimum absolute atomic E-state index is 0.0283. The Hall–Kier alpha value is -2.81. The number of phosphoric ester groups is 1. The van der Waals surface area contributed by atoms with E-state index in [1.807, 2.05) is 33.3 Å². The van der Waals surface area contributed by atoms with Crippen LogP contribution in [0, 0.1) is 0 Å². The van der Waals surface area contributed by atoms with Crippen LogP contribution in [0.3, 0.4) is 0 Å². The molecule has 0 aliphatic heterocycles.